The van der Waals surface area contributed by atoms with Gasteiger partial charge in [0.2, 0.25) is 0 Å². The maximum absolute atomic E-state index is 11.8. The second-order valence-electron chi connectivity index (χ2n) is 4.03. The monoisotopic (exact) mass is 291 g/mol. The molecular weight excluding hydrogens is 274 g/mol. The molecule has 1 aromatic heterocycles. The van der Waals surface area contributed by atoms with Crippen LogP contribution >= 0.6 is 0 Å². The maximum Gasteiger partial charge on any atom is 0.269 e. The number of aromatic hydroxyl groups is 1. The van der Waals surface area contributed by atoms with E-state index >= 15 is 0 Å². The SMILES string of the molecule is CCc1cc(=O)n(CCOC)c(O)c1CS(=O)(=O)O. The summed E-state index contributed by atoms with van der Waals surface area (Å²) in [6.45, 7) is 2.02. The fourth-order valence-corrected chi connectivity index (χ4v) is 2.46. The number of aryl methyl sites for hydroxylation is 1. The van der Waals surface area contributed by atoms with Gasteiger partial charge in [0.1, 0.15) is 5.75 Å². The van der Waals surface area contributed by atoms with Crippen molar-refractivity contribution in [2.75, 3.05) is 13.7 Å². The minimum Gasteiger partial charge on any atom is -0.494 e. The number of nitrogens with zero attached hydrogens (tertiary/aromatic N) is 1. The summed E-state index contributed by atoms with van der Waals surface area (Å²) >= 11 is 0. The van der Waals surface area contributed by atoms with Gasteiger partial charge >= 0.3 is 0 Å². The van der Waals surface area contributed by atoms with Gasteiger partial charge in [-0.1, -0.05) is 6.92 Å². The molecule has 1 aromatic rings. The molecule has 0 saturated carbocycles. The van der Waals surface area contributed by atoms with Crippen molar-refractivity contribution in [2.24, 2.45) is 0 Å². The molecule has 0 aliphatic rings. The van der Waals surface area contributed by atoms with Crippen LogP contribution in [0.25, 0.3) is 0 Å². The summed E-state index contributed by atoms with van der Waals surface area (Å²) in [5.74, 6) is -1.17. The minimum absolute atomic E-state index is 0.0423. The average Bonchev–Trinajstić information content (AvgIpc) is 2.31. The Labute approximate surface area is 111 Å². The van der Waals surface area contributed by atoms with Gasteiger partial charge < -0.3 is 9.84 Å². The average molecular weight is 291 g/mol. The molecule has 0 atom stereocenters. The largest absolute Gasteiger partial charge is 0.494 e. The van der Waals surface area contributed by atoms with E-state index in [1.54, 1.807) is 6.92 Å². The lowest BCUT2D eigenvalue weighted by Gasteiger charge is -2.14. The Morgan fingerprint density at radius 3 is 2.53 bits per heavy atom. The zero-order valence-electron chi connectivity index (χ0n) is 10.8. The summed E-state index contributed by atoms with van der Waals surface area (Å²) in [6, 6.07) is 1.26. The molecule has 0 saturated heterocycles. The van der Waals surface area contributed by atoms with Crippen molar-refractivity contribution in [1.82, 2.24) is 4.57 Å². The van der Waals surface area contributed by atoms with Gasteiger partial charge in [0.15, 0.2) is 5.88 Å². The number of aromatic nitrogens is 1. The number of pyridine rings is 1. The molecule has 0 fully saturated rings. The topological polar surface area (TPSA) is 106 Å². The zero-order chi connectivity index (χ0) is 14.6. The predicted molar refractivity (Wildman–Crippen MR) is 68.9 cm³/mol. The van der Waals surface area contributed by atoms with Crippen LogP contribution in [0.3, 0.4) is 0 Å². The lowest BCUT2D eigenvalue weighted by atomic mass is 10.1. The van der Waals surface area contributed by atoms with Crippen molar-refractivity contribution >= 4 is 10.1 Å². The molecule has 8 heteroatoms. The Balaban J connectivity index is 3.38. The van der Waals surface area contributed by atoms with E-state index < -0.39 is 27.3 Å². The first kappa shape index (κ1) is 15.7. The number of ether oxygens (including phenoxy) is 1. The van der Waals surface area contributed by atoms with E-state index in [1.807, 2.05) is 0 Å². The minimum atomic E-state index is -4.29. The van der Waals surface area contributed by atoms with E-state index in [-0.39, 0.29) is 18.7 Å². The van der Waals surface area contributed by atoms with Gasteiger partial charge in [-0.25, -0.2) is 0 Å². The summed E-state index contributed by atoms with van der Waals surface area (Å²) in [7, 11) is -2.84. The Morgan fingerprint density at radius 2 is 2.05 bits per heavy atom. The standard InChI is InChI=1S/C11H17NO6S/c1-3-8-6-10(13)12(4-5-18-2)11(14)9(8)7-19(15,16)17/h6,14H,3-5,7H2,1-2H3,(H,15,16,17). The molecule has 0 aliphatic heterocycles. The molecule has 0 bridgehead atoms. The van der Waals surface area contributed by atoms with Crippen LogP contribution in [-0.2, 0) is 33.6 Å². The van der Waals surface area contributed by atoms with Crippen molar-refractivity contribution in [3.63, 3.8) is 0 Å². The molecule has 19 heavy (non-hydrogen) atoms. The lowest BCUT2D eigenvalue weighted by molar-refractivity contribution is 0.182. The van der Waals surface area contributed by atoms with Crippen molar-refractivity contribution in [3.8, 4) is 5.88 Å². The molecule has 2 N–H and O–H groups in total. The van der Waals surface area contributed by atoms with Gasteiger partial charge in [-0.05, 0) is 12.0 Å². The third kappa shape index (κ3) is 4.05. The van der Waals surface area contributed by atoms with Gasteiger partial charge in [0.05, 0.1) is 13.2 Å². The smallest absolute Gasteiger partial charge is 0.269 e. The highest BCUT2D eigenvalue weighted by Crippen LogP contribution is 2.22. The first-order valence-electron chi connectivity index (χ1n) is 5.68. The van der Waals surface area contributed by atoms with Gasteiger partial charge in [-0.15, -0.1) is 0 Å². The first-order valence-corrected chi connectivity index (χ1v) is 7.29. The Kier molecular flexibility index (Phi) is 5.10. The molecular formula is C11H17NO6S. The third-order valence-electron chi connectivity index (χ3n) is 2.70. The summed E-state index contributed by atoms with van der Waals surface area (Å²) in [4.78, 5) is 11.8. The van der Waals surface area contributed by atoms with E-state index in [0.29, 0.717) is 12.0 Å². The molecule has 0 spiro atoms. The lowest BCUT2D eigenvalue weighted by Crippen LogP contribution is -2.24. The molecule has 0 aromatic carbocycles. The second-order valence-corrected chi connectivity index (χ2v) is 5.49. The van der Waals surface area contributed by atoms with Crippen LogP contribution in [0.1, 0.15) is 18.1 Å². The van der Waals surface area contributed by atoms with Gasteiger partial charge in [0.25, 0.3) is 15.7 Å². The van der Waals surface area contributed by atoms with E-state index in [4.69, 9.17) is 9.29 Å². The highest BCUT2D eigenvalue weighted by atomic mass is 32.2. The molecule has 0 radical (unpaired) electrons. The fraction of sp³-hybridized carbons (Fsp3) is 0.545. The van der Waals surface area contributed by atoms with E-state index in [9.17, 15) is 18.3 Å². The number of rotatable bonds is 6. The van der Waals surface area contributed by atoms with Crippen molar-refractivity contribution in [1.29, 1.82) is 0 Å². The normalized spacial score (nSPS) is 11.7. The fourth-order valence-electron chi connectivity index (χ4n) is 1.78. The van der Waals surface area contributed by atoms with Crippen LogP contribution in [0.5, 0.6) is 5.88 Å². The molecule has 0 unspecified atom stereocenters. The number of hydrogen-bond donors (Lipinski definition) is 2. The molecule has 0 amide bonds. The summed E-state index contributed by atoms with van der Waals surface area (Å²) in [5.41, 5.74) is -0.0000161. The highest BCUT2D eigenvalue weighted by Gasteiger charge is 2.19. The first-order chi connectivity index (χ1) is 8.80. The Morgan fingerprint density at radius 1 is 1.42 bits per heavy atom. The third-order valence-corrected chi connectivity index (χ3v) is 3.36. The summed E-state index contributed by atoms with van der Waals surface area (Å²) in [6.07, 6.45) is 0.374. The van der Waals surface area contributed by atoms with E-state index in [1.165, 1.54) is 13.2 Å². The van der Waals surface area contributed by atoms with Gasteiger partial charge in [-0.2, -0.15) is 8.42 Å². The van der Waals surface area contributed by atoms with Gasteiger partial charge in [0, 0.05) is 18.7 Å². The molecule has 1 rings (SSSR count). The van der Waals surface area contributed by atoms with Crippen LogP contribution in [0, 0.1) is 0 Å². The van der Waals surface area contributed by atoms with Crippen LogP contribution in [0.4, 0.5) is 0 Å². The summed E-state index contributed by atoms with van der Waals surface area (Å²) < 4.78 is 36.7. The molecule has 0 aliphatic carbocycles. The van der Waals surface area contributed by atoms with Crippen LogP contribution in [0.2, 0.25) is 0 Å². The number of methoxy groups -OCH3 is 1. The van der Waals surface area contributed by atoms with E-state index in [0.717, 1.165) is 4.57 Å². The molecule has 108 valence electrons. The molecule has 7 nitrogen and oxygen atoms in total. The summed E-state index contributed by atoms with van der Waals surface area (Å²) in [5, 5.41) is 10.0. The number of hydrogen-bond acceptors (Lipinski definition) is 5. The van der Waals surface area contributed by atoms with Crippen LogP contribution < -0.4 is 5.56 Å². The highest BCUT2D eigenvalue weighted by molar-refractivity contribution is 7.85. The van der Waals surface area contributed by atoms with Crippen molar-refractivity contribution in [3.05, 3.63) is 27.5 Å². The van der Waals surface area contributed by atoms with Gasteiger partial charge in [-0.3, -0.25) is 13.9 Å². The Bertz CT molecular complexity index is 604. The maximum atomic E-state index is 11.8. The predicted octanol–water partition coefficient (Wildman–Crippen LogP) is 0.151. The quantitative estimate of drug-likeness (QED) is 0.723. The van der Waals surface area contributed by atoms with Crippen LogP contribution in [-0.4, -0.2) is 36.4 Å². The zero-order valence-corrected chi connectivity index (χ0v) is 11.6. The van der Waals surface area contributed by atoms with E-state index in [2.05, 4.69) is 0 Å². The van der Waals surface area contributed by atoms with Crippen molar-refractivity contribution in [2.45, 2.75) is 25.6 Å². The van der Waals surface area contributed by atoms with Crippen molar-refractivity contribution < 1.29 is 22.8 Å². The molecule has 1 heterocycles. The second kappa shape index (κ2) is 6.18. The Hall–Kier alpha value is -1.38. The van der Waals surface area contributed by atoms with Crippen LogP contribution in [0.15, 0.2) is 10.9 Å².